The zero-order valence-electron chi connectivity index (χ0n) is 18.2. The van der Waals surface area contributed by atoms with Gasteiger partial charge in [0.25, 0.3) is 0 Å². The molecule has 9 heteroatoms. The van der Waals surface area contributed by atoms with Crippen LogP contribution in [0.15, 0.2) is 30.3 Å². The highest BCUT2D eigenvalue weighted by Gasteiger charge is 2.29. The molecule has 9 nitrogen and oxygen atoms in total. The zero-order valence-corrected chi connectivity index (χ0v) is 18.2. The van der Waals surface area contributed by atoms with Crippen molar-refractivity contribution in [3.8, 4) is 0 Å². The highest BCUT2D eigenvalue weighted by molar-refractivity contribution is 5.87. The first-order chi connectivity index (χ1) is 14.9. The maximum Gasteiger partial charge on any atom is 0.407 e. The van der Waals surface area contributed by atoms with Crippen molar-refractivity contribution in [3.05, 3.63) is 35.9 Å². The molecule has 1 aromatic carbocycles. The minimum absolute atomic E-state index is 0.0119. The number of rotatable bonds is 12. The van der Waals surface area contributed by atoms with Gasteiger partial charge in [0, 0.05) is 6.54 Å². The summed E-state index contributed by atoms with van der Waals surface area (Å²) in [6.07, 6.45) is 2.07. The number of carboxylic acid groups (broad SMARTS) is 1. The fraction of sp³-hybridized carbons (Fsp3) is 0.591. The summed E-state index contributed by atoms with van der Waals surface area (Å²) < 4.78 is 5.12. The lowest BCUT2D eigenvalue weighted by Gasteiger charge is -2.27. The molecule has 172 valence electrons. The number of benzene rings is 1. The van der Waals surface area contributed by atoms with E-state index >= 15 is 0 Å². The maximum absolute atomic E-state index is 12.7. The van der Waals surface area contributed by atoms with E-state index in [1.165, 1.54) is 0 Å². The van der Waals surface area contributed by atoms with Crippen molar-refractivity contribution in [2.24, 2.45) is 5.92 Å². The number of nitrogens with one attached hydrogen (secondary N) is 4. The summed E-state index contributed by atoms with van der Waals surface area (Å²) in [4.78, 5) is 36.1. The fourth-order valence-corrected chi connectivity index (χ4v) is 3.40. The minimum Gasteiger partial charge on any atom is -0.480 e. The lowest BCUT2D eigenvalue weighted by molar-refractivity contribution is -0.142. The third-order valence-corrected chi connectivity index (χ3v) is 5.16. The topological polar surface area (TPSA) is 129 Å². The van der Waals surface area contributed by atoms with Crippen molar-refractivity contribution in [1.82, 2.24) is 21.3 Å². The molecule has 3 atom stereocenters. The zero-order chi connectivity index (χ0) is 22.6. The van der Waals surface area contributed by atoms with E-state index in [0.717, 1.165) is 24.9 Å². The van der Waals surface area contributed by atoms with Gasteiger partial charge >= 0.3 is 12.1 Å². The molecule has 31 heavy (non-hydrogen) atoms. The van der Waals surface area contributed by atoms with E-state index < -0.39 is 24.1 Å². The van der Waals surface area contributed by atoms with Gasteiger partial charge in [0.05, 0.1) is 12.2 Å². The second-order valence-electron chi connectivity index (χ2n) is 8.07. The van der Waals surface area contributed by atoms with E-state index in [4.69, 9.17) is 4.74 Å². The van der Waals surface area contributed by atoms with Crippen LogP contribution in [0.1, 0.15) is 45.1 Å². The van der Waals surface area contributed by atoms with E-state index in [-0.39, 0.29) is 37.6 Å². The van der Waals surface area contributed by atoms with Gasteiger partial charge in [-0.3, -0.25) is 10.1 Å². The number of carbonyl (C=O) groups excluding carboxylic acids is 2. The molecule has 0 aromatic heterocycles. The largest absolute Gasteiger partial charge is 0.480 e. The van der Waals surface area contributed by atoms with E-state index in [2.05, 4.69) is 21.3 Å². The molecule has 0 bridgehead atoms. The third kappa shape index (κ3) is 8.94. The maximum atomic E-state index is 12.7. The lowest BCUT2D eigenvalue weighted by atomic mass is 10.0. The quantitative estimate of drug-likeness (QED) is 0.316. The van der Waals surface area contributed by atoms with Crippen LogP contribution in [0.2, 0.25) is 0 Å². The van der Waals surface area contributed by atoms with Crippen LogP contribution >= 0.6 is 0 Å². The first kappa shape index (κ1) is 24.6. The average Bonchev–Trinajstić information content (AvgIpc) is 3.26. The first-order valence-electron chi connectivity index (χ1n) is 10.8. The van der Waals surface area contributed by atoms with Gasteiger partial charge < -0.3 is 25.8 Å². The van der Waals surface area contributed by atoms with Crippen molar-refractivity contribution in [2.75, 3.05) is 13.1 Å². The minimum atomic E-state index is -1.10. The molecule has 2 amide bonds. The molecule has 1 aliphatic rings. The van der Waals surface area contributed by atoms with Crippen LogP contribution in [-0.2, 0) is 20.9 Å². The summed E-state index contributed by atoms with van der Waals surface area (Å²) in [5.41, 5.74) is 0.882. The molecule has 2 rings (SSSR count). The normalized spacial score (nSPS) is 17.7. The smallest absolute Gasteiger partial charge is 0.407 e. The molecule has 1 saturated heterocycles. The fourth-order valence-electron chi connectivity index (χ4n) is 3.40. The second kappa shape index (κ2) is 12.9. The Morgan fingerprint density at radius 1 is 1.23 bits per heavy atom. The van der Waals surface area contributed by atoms with Crippen molar-refractivity contribution in [1.29, 1.82) is 0 Å². The molecular weight excluding hydrogens is 400 g/mol. The summed E-state index contributed by atoms with van der Waals surface area (Å²) in [5, 5.41) is 21.3. The first-order valence-corrected chi connectivity index (χ1v) is 10.8. The Balaban J connectivity index is 1.72. The molecule has 0 radical (unpaired) electrons. The van der Waals surface area contributed by atoms with E-state index in [1.54, 1.807) is 0 Å². The average molecular weight is 435 g/mol. The standard InChI is InChI=1S/C22H34N4O5/c1-15(2)19(26-18-11-7-12-23-18)20(27)25-17(21(28)29)10-6-13-24-22(30)31-14-16-8-4-3-5-9-16/h3-5,8-9,15,17-19,23,26H,6-7,10-14H2,1-2H3,(H,24,30)(H,25,27)(H,28,29). The van der Waals surface area contributed by atoms with Gasteiger partial charge in [0.1, 0.15) is 12.6 Å². The Morgan fingerprint density at radius 3 is 2.58 bits per heavy atom. The Bertz CT molecular complexity index is 707. The van der Waals surface area contributed by atoms with E-state index in [1.807, 2.05) is 44.2 Å². The van der Waals surface area contributed by atoms with Crippen molar-refractivity contribution in [3.63, 3.8) is 0 Å². The van der Waals surface area contributed by atoms with Crippen LogP contribution in [0.4, 0.5) is 4.79 Å². The van der Waals surface area contributed by atoms with Crippen LogP contribution in [0.5, 0.6) is 0 Å². The van der Waals surface area contributed by atoms with Crippen LogP contribution in [0, 0.1) is 5.92 Å². The molecule has 1 aliphatic heterocycles. The van der Waals surface area contributed by atoms with Crippen LogP contribution in [0.25, 0.3) is 0 Å². The number of ether oxygens (including phenoxy) is 1. The Morgan fingerprint density at radius 2 is 1.97 bits per heavy atom. The van der Waals surface area contributed by atoms with E-state index in [9.17, 15) is 19.5 Å². The number of alkyl carbamates (subject to hydrolysis) is 1. The number of carboxylic acids is 1. The predicted octanol–water partition coefficient (Wildman–Crippen LogP) is 1.59. The van der Waals surface area contributed by atoms with Gasteiger partial charge in [0.15, 0.2) is 0 Å². The number of amides is 2. The van der Waals surface area contributed by atoms with Gasteiger partial charge in [0.2, 0.25) is 5.91 Å². The summed E-state index contributed by atoms with van der Waals surface area (Å²) in [5.74, 6) is -1.41. The van der Waals surface area contributed by atoms with Crippen molar-refractivity contribution < 1.29 is 24.2 Å². The summed E-state index contributed by atoms with van der Waals surface area (Å²) in [6, 6.07) is 7.82. The number of aliphatic carboxylic acids is 1. The van der Waals surface area contributed by atoms with Crippen molar-refractivity contribution in [2.45, 2.75) is 64.4 Å². The Labute approximate surface area is 183 Å². The van der Waals surface area contributed by atoms with Crippen LogP contribution in [0.3, 0.4) is 0 Å². The molecule has 5 N–H and O–H groups in total. The summed E-state index contributed by atoms with van der Waals surface area (Å²) in [7, 11) is 0. The lowest BCUT2D eigenvalue weighted by Crippen LogP contribution is -2.56. The van der Waals surface area contributed by atoms with Gasteiger partial charge in [-0.25, -0.2) is 9.59 Å². The number of hydrogen-bond acceptors (Lipinski definition) is 6. The molecule has 1 heterocycles. The molecule has 0 saturated carbocycles. The van der Waals surface area contributed by atoms with E-state index in [0.29, 0.717) is 6.42 Å². The monoisotopic (exact) mass is 434 g/mol. The highest BCUT2D eigenvalue weighted by Crippen LogP contribution is 2.09. The molecule has 0 spiro atoms. The summed E-state index contributed by atoms with van der Waals surface area (Å²) in [6.45, 7) is 5.17. The summed E-state index contributed by atoms with van der Waals surface area (Å²) >= 11 is 0. The SMILES string of the molecule is CC(C)C(NC1CCCN1)C(=O)NC(CCCNC(=O)OCc1ccccc1)C(=O)O. The molecule has 3 unspecified atom stereocenters. The van der Waals surface area contributed by atoms with Gasteiger partial charge in [-0.1, -0.05) is 44.2 Å². The van der Waals surface area contributed by atoms with Gasteiger partial charge in [-0.15, -0.1) is 0 Å². The number of carbonyl (C=O) groups is 3. The van der Waals surface area contributed by atoms with Crippen molar-refractivity contribution >= 4 is 18.0 Å². The third-order valence-electron chi connectivity index (χ3n) is 5.16. The molecule has 1 aromatic rings. The second-order valence-corrected chi connectivity index (χ2v) is 8.07. The highest BCUT2D eigenvalue weighted by atomic mass is 16.5. The Hall–Kier alpha value is -2.65. The molecule has 0 aliphatic carbocycles. The molecular formula is C22H34N4O5. The number of hydrogen-bond donors (Lipinski definition) is 5. The van der Waals surface area contributed by atoms with Crippen LogP contribution in [-0.4, -0.2) is 54.4 Å². The van der Waals surface area contributed by atoms with Gasteiger partial charge in [-0.05, 0) is 43.7 Å². The van der Waals surface area contributed by atoms with Crippen LogP contribution < -0.4 is 21.3 Å². The predicted molar refractivity (Wildman–Crippen MR) is 116 cm³/mol. The van der Waals surface area contributed by atoms with Gasteiger partial charge in [-0.2, -0.15) is 0 Å². The Kier molecular flexibility index (Phi) is 10.3. The molecule has 1 fully saturated rings.